The normalized spacial score (nSPS) is 15.4. The highest BCUT2D eigenvalue weighted by Gasteiger charge is 2.32. The molecular formula is C27H30N4O3S3. The maximum absolute atomic E-state index is 13.2. The highest BCUT2D eigenvalue weighted by Crippen LogP contribution is 2.35. The average molecular weight is 555 g/mol. The molecule has 0 unspecified atom stereocenters. The van der Waals surface area contributed by atoms with E-state index in [1.165, 1.54) is 30.2 Å². The molecule has 0 spiro atoms. The van der Waals surface area contributed by atoms with E-state index in [0.29, 0.717) is 32.6 Å². The lowest BCUT2D eigenvalue weighted by molar-refractivity contribution is -0.122. The molecule has 0 bridgehead atoms. The van der Waals surface area contributed by atoms with Crippen LogP contribution in [0.4, 0.5) is 0 Å². The Labute approximate surface area is 228 Å². The third-order valence-corrected chi connectivity index (χ3v) is 9.23. The van der Waals surface area contributed by atoms with E-state index >= 15 is 0 Å². The van der Waals surface area contributed by atoms with E-state index in [1.807, 2.05) is 42.6 Å². The van der Waals surface area contributed by atoms with Crippen LogP contribution in [0.15, 0.2) is 70.6 Å². The van der Waals surface area contributed by atoms with Gasteiger partial charge in [0.25, 0.3) is 5.91 Å². The third kappa shape index (κ3) is 6.04. The SMILES string of the molecule is CCCCCCN1C(=O)C(=Cc2cn(-c3ccccc3)nc2-c2cccc(S(=O)(=O)N(C)C)c2)SC1=S. The highest BCUT2D eigenvalue weighted by atomic mass is 32.2. The third-order valence-electron chi connectivity index (χ3n) is 6.04. The molecular weight excluding hydrogens is 525 g/mol. The van der Waals surface area contributed by atoms with E-state index in [0.717, 1.165) is 31.4 Å². The maximum atomic E-state index is 13.2. The van der Waals surface area contributed by atoms with Gasteiger partial charge in [-0.15, -0.1) is 0 Å². The molecule has 4 rings (SSSR count). The zero-order valence-corrected chi connectivity index (χ0v) is 23.6. The summed E-state index contributed by atoms with van der Waals surface area (Å²) in [7, 11) is -0.620. The zero-order valence-electron chi connectivity index (χ0n) is 21.1. The first-order chi connectivity index (χ1) is 17.7. The van der Waals surface area contributed by atoms with Crippen LogP contribution in [0.5, 0.6) is 0 Å². The quantitative estimate of drug-likeness (QED) is 0.185. The molecule has 0 radical (unpaired) electrons. The lowest BCUT2D eigenvalue weighted by Crippen LogP contribution is -2.29. The average Bonchev–Trinajstić information content (AvgIpc) is 3.43. The number of sulfonamides is 1. The topological polar surface area (TPSA) is 75.5 Å². The van der Waals surface area contributed by atoms with Crippen molar-refractivity contribution < 1.29 is 13.2 Å². The summed E-state index contributed by atoms with van der Waals surface area (Å²) >= 11 is 6.80. The zero-order chi connectivity index (χ0) is 26.6. The Morgan fingerprint density at radius 3 is 2.51 bits per heavy atom. The van der Waals surface area contributed by atoms with Crippen molar-refractivity contribution in [2.45, 2.75) is 37.5 Å². The number of nitrogens with zero attached hydrogens (tertiary/aromatic N) is 4. The van der Waals surface area contributed by atoms with Gasteiger partial charge in [0.1, 0.15) is 10.0 Å². The van der Waals surface area contributed by atoms with Crippen LogP contribution in [0.3, 0.4) is 0 Å². The second-order valence-corrected chi connectivity index (χ2v) is 12.8. The molecule has 10 heteroatoms. The molecule has 3 aromatic rings. The van der Waals surface area contributed by atoms with Gasteiger partial charge in [-0.1, -0.05) is 80.5 Å². The van der Waals surface area contributed by atoms with Crippen molar-refractivity contribution in [1.29, 1.82) is 0 Å². The Bertz CT molecular complexity index is 1430. The molecule has 1 amide bonds. The number of benzene rings is 2. The van der Waals surface area contributed by atoms with Gasteiger partial charge in [0.15, 0.2) is 0 Å². The van der Waals surface area contributed by atoms with Crippen molar-refractivity contribution in [3.8, 4) is 16.9 Å². The van der Waals surface area contributed by atoms with Crippen molar-refractivity contribution in [1.82, 2.24) is 19.0 Å². The minimum atomic E-state index is -3.62. The van der Waals surface area contributed by atoms with Gasteiger partial charge < -0.3 is 0 Å². The first-order valence-corrected chi connectivity index (χ1v) is 14.8. The molecule has 1 saturated heterocycles. The van der Waals surface area contributed by atoms with Crippen molar-refractivity contribution in [3.63, 3.8) is 0 Å². The van der Waals surface area contributed by atoms with Crippen molar-refractivity contribution in [2.75, 3.05) is 20.6 Å². The number of para-hydroxylation sites is 1. The van der Waals surface area contributed by atoms with Crippen LogP contribution >= 0.6 is 24.0 Å². The van der Waals surface area contributed by atoms with E-state index in [-0.39, 0.29) is 10.8 Å². The molecule has 0 atom stereocenters. The Balaban J connectivity index is 1.75. The summed E-state index contributed by atoms with van der Waals surface area (Å²) in [5.41, 5.74) is 2.77. The standard InChI is InChI=1S/C27H30N4O3S3/c1-4-5-6-10-16-30-26(32)24(36-27(30)35)18-21-19-31(22-13-8-7-9-14-22)28-25(21)20-12-11-15-23(17-20)37(33,34)29(2)3/h7-9,11-15,17-19H,4-6,10,16H2,1-3H3. The number of aromatic nitrogens is 2. The van der Waals surface area contributed by atoms with Gasteiger partial charge in [0.2, 0.25) is 10.0 Å². The van der Waals surface area contributed by atoms with Gasteiger partial charge in [-0.05, 0) is 36.8 Å². The predicted molar refractivity (Wildman–Crippen MR) is 154 cm³/mol. The second kappa shape index (κ2) is 11.7. The van der Waals surface area contributed by atoms with Crippen molar-refractivity contribution >= 4 is 50.3 Å². The van der Waals surface area contributed by atoms with E-state index in [4.69, 9.17) is 17.3 Å². The van der Waals surface area contributed by atoms with Crippen molar-refractivity contribution in [3.05, 3.63) is 71.3 Å². The van der Waals surface area contributed by atoms with Gasteiger partial charge in [-0.25, -0.2) is 17.4 Å². The Morgan fingerprint density at radius 1 is 1.05 bits per heavy atom. The minimum absolute atomic E-state index is 0.103. The molecule has 37 heavy (non-hydrogen) atoms. The van der Waals surface area contributed by atoms with Crippen LogP contribution in [-0.4, -0.2) is 58.3 Å². The summed E-state index contributed by atoms with van der Waals surface area (Å²) in [6, 6.07) is 16.3. The molecule has 0 aliphatic carbocycles. The largest absolute Gasteiger partial charge is 0.293 e. The van der Waals surface area contributed by atoms with Crippen LogP contribution in [0.2, 0.25) is 0 Å². The van der Waals surface area contributed by atoms with E-state index in [2.05, 4.69) is 6.92 Å². The molecule has 0 N–H and O–H groups in total. The summed E-state index contributed by atoms with van der Waals surface area (Å²) < 4.78 is 29.0. The number of unbranched alkanes of at least 4 members (excludes halogenated alkanes) is 3. The smallest absolute Gasteiger partial charge is 0.266 e. The van der Waals surface area contributed by atoms with E-state index < -0.39 is 10.0 Å². The summed E-state index contributed by atoms with van der Waals surface area (Å²) in [5.74, 6) is -0.103. The van der Waals surface area contributed by atoms with Gasteiger partial charge >= 0.3 is 0 Å². The van der Waals surface area contributed by atoms with Gasteiger partial charge in [-0.3, -0.25) is 9.69 Å². The summed E-state index contributed by atoms with van der Waals surface area (Å²) in [5, 5.41) is 4.79. The number of rotatable bonds is 10. The Kier molecular flexibility index (Phi) is 8.63. The lowest BCUT2D eigenvalue weighted by Gasteiger charge is -2.13. The fourth-order valence-electron chi connectivity index (χ4n) is 3.98. The lowest BCUT2D eigenvalue weighted by atomic mass is 10.1. The van der Waals surface area contributed by atoms with Crippen molar-refractivity contribution in [2.24, 2.45) is 0 Å². The number of carbonyl (C=O) groups is 1. The number of thiocarbonyl (C=S) groups is 1. The van der Waals surface area contributed by atoms with Crippen LogP contribution in [0.25, 0.3) is 23.0 Å². The fraction of sp³-hybridized carbons (Fsp3) is 0.296. The predicted octanol–water partition coefficient (Wildman–Crippen LogP) is 5.57. The molecule has 0 saturated carbocycles. The van der Waals surface area contributed by atoms with Crippen LogP contribution in [0.1, 0.15) is 38.2 Å². The molecule has 194 valence electrons. The summed E-state index contributed by atoms with van der Waals surface area (Å²) in [6.45, 7) is 2.77. The molecule has 1 aliphatic heterocycles. The molecule has 2 aromatic carbocycles. The van der Waals surface area contributed by atoms with Crippen LogP contribution in [0, 0.1) is 0 Å². The first-order valence-electron chi connectivity index (χ1n) is 12.2. The molecule has 2 heterocycles. The van der Waals surface area contributed by atoms with E-state index in [1.54, 1.807) is 33.9 Å². The fourth-order valence-corrected chi connectivity index (χ4v) is 6.22. The highest BCUT2D eigenvalue weighted by molar-refractivity contribution is 8.26. The number of hydrogen-bond acceptors (Lipinski definition) is 6. The molecule has 1 fully saturated rings. The first kappa shape index (κ1) is 27.3. The van der Waals surface area contributed by atoms with Crippen LogP contribution < -0.4 is 0 Å². The maximum Gasteiger partial charge on any atom is 0.266 e. The van der Waals surface area contributed by atoms with Crippen LogP contribution in [-0.2, 0) is 14.8 Å². The van der Waals surface area contributed by atoms with Gasteiger partial charge in [-0.2, -0.15) is 5.10 Å². The molecule has 7 nitrogen and oxygen atoms in total. The van der Waals surface area contributed by atoms with Gasteiger partial charge in [0.05, 0.1) is 15.5 Å². The Morgan fingerprint density at radius 2 is 1.81 bits per heavy atom. The molecule has 1 aromatic heterocycles. The number of amides is 1. The minimum Gasteiger partial charge on any atom is -0.293 e. The number of thioether (sulfide) groups is 1. The molecule has 1 aliphatic rings. The summed E-state index contributed by atoms with van der Waals surface area (Å²) in [4.78, 5) is 15.6. The van der Waals surface area contributed by atoms with E-state index in [9.17, 15) is 13.2 Å². The number of carbonyl (C=O) groups excluding carboxylic acids is 1. The monoisotopic (exact) mass is 554 g/mol. The van der Waals surface area contributed by atoms with Gasteiger partial charge in [0, 0.05) is 38.0 Å². The summed E-state index contributed by atoms with van der Waals surface area (Å²) in [6.07, 6.45) is 7.90. The number of hydrogen-bond donors (Lipinski definition) is 0. The Hall–Kier alpha value is -2.79. The second-order valence-electron chi connectivity index (χ2n) is 8.92.